The van der Waals surface area contributed by atoms with E-state index in [1.807, 2.05) is 0 Å². The van der Waals surface area contributed by atoms with Gasteiger partial charge < -0.3 is 20.5 Å². The lowest BCUT2D eigenvalue weighted by molar-refractivity contribution is -0.160. The van der Waals surface area contributed by atoms with E-state index in [1.165, 1.54) is 18.3 Å². The molecule has 30 heavy (non-hydrogen) atoms. The summed E-state index contributed by atoms with van der Waals surface area (Å²) in [6.45, 7) is 0.888. The van der Waals surface area contributed by atoms with Crippen molar-refractivity contribution in [2.75, 3.05) is 12.4 Å². The number of carboxylic acid groups (broad SMARTS) is 1. The number of fused-ring (bicyclic) bond motifs is 1. The van der Waals surface area contributed by atoms with Crippen molar-refractivity contribution < 1.29 is 33.8 Å². The first-order valence-corrected chi connectivity index (χ1v) is 10.8. The second kappa shape index (κ2) is 8.66. The van der Waals surface area contributed by atoms with Gasteiger partial charge in [-0.1, -0.05) is 6.07 Å². The molecule has 0 saturated carbocycles. The number of esters is 1. The predicted octanol–water partition coefficient (Wildman–Crippen LogP) is 0.868. The Bertz CT molecular complexity index is 949. The molecule has 2 aliphatic rings. The van der Waals surface area contributed by atoms with Crippen molar-refractivity contribution in [3.05, 3.63) is 33.7 Å². The Balaban J connectivity index is 1.88. The summed E-state index contributed by atoms with van der Waals surface area (Å²) in [5.74, 6) is -3.29. The van der Waals surface area contributed by atoms with E-state index >= 15 is 0 Å². The molecule has 1 aromatic rings. The highest BCUT2D eigenvalue weighted by atomic mass is 35.5. The minimum atomic E-state index is -1.88. The first kappa shape index (κ1) is 22.1. The minimum Gasteiger partial charge on any atom is -0.477 e. The third-order valence-corrected chi connectivity index (χ3v) is 6.72. The molecule has 2 aliphatic heterocycles. The highest BCUT2D eigenvalue weighted by Gasteiger charge is 2.66. The number of halogens is 1. The number of thiophene rings is 1. The maximum absolute atomic E-state index is 13.0. The number of aliphatic carboxylic acids is 1. The van der Waals surface area contributed by atoms with Crippen LogP contribution in [0.3, 0.4) is 0 Å². The number of nitrogens with zero attached hydrogens (tertiary/aromatic N) is 1. The van der Waals surface area contributed by atoms with Crippen molar-refractivity contribution in [3.63, 3.8) is 0 Å². The number of hydrogen-bond acceptors (Lipinski definition) is 8. The highest BCUT2D eigenvalue weighted by Crippen LogP contribution is 2.45. The SMILES string of the molecule is CC(=O)OCC1=C(C(=O)O)N2C(=O)C(NC(=O)Cl)(NC(=O)Cc3cccs3)[C@H]2SC1. The summed E-state index contributed by atoms with van der Waals surface area (Å²) in [6, 6.07) is 3.51. The molecule has 0 aromatic carbocycles. The van der Waals surface area contributed by atoms with Crippen LogP contribution in [0.15, 0.2) is 28.8 Å². The fourth-order valence-electron chi connectivity index (χ4n) is 3.17. The largest absolute Gasteiger partial charge is 0.477 e. The van der Waals surface area contributed by atoms with Gasteiger partial charge in [0.15, 0.2) is 0 Å². The van der Waals surface area contributed by atoms with Crippen LogP contribution in [0, 0.1) is 0 Å². The Morgan fingerprint density at radius 2 is 2.10 bits per heavy atom. The fraction of sp³-hybridized carbons (Fsp3) is 0.353. The van der Waals surface area contributed by atoms with E-state index in [0.717, 1.165) is 21.5 Å². The van der Waals surface area contributed by atoms with Gasteiger partial charge in [-0.3, -0.25) is 24.1 Å². The van der Waals surface area contributed by atoms with Gasteiger partial charge in [-0.25, -0.2) is 4.79 Å². The van der Waals surface area contributed by atoms with E-state index in [9.17, 15) is 29.1 Å². The fourth-order valence-corrected chi connectivity index (χ4v) is 5.42. The number of carbonyl (C=O) groups is 5. The van der Waals surface area contributed by atoms with E-state index in [1.54, 1.807) is 17.5 Å². The van der Waals surface area contributed by atoms with Crippen molar-refractivity contribution in [2.45, 2.75) is 24.4 Å². The van der Waals surface area contributed by atoms with Gasteiger partial charge in [-0.2, -0.15) is 0 Å². The zero-order valence-corrected chi connectivity index (χ0v) is 17.9. The first-order valence-electron chi connectivity index (χ1n) is 8.50. The molecule has 1 unspecified atom stereocenters. The van der Waals surface area contributed by atoms with E-state index in [-0.39, 0.29) is 30.1 Å². The summed E-state index contributed by atoms with van der Waals surface area (Å²) in [6.07, 6.45) is -0.0262. The van der Waals surface area contributed by atoms with Crippen LogP contribution in [-0.4, -0.2) is 62.5 Å². The van der Waals surface area contributed by atoms with Crippen molar-refractivity contribution in [2.24, 2.45) is 0 Å². The number of carbonyl (C=O) groups excluding carboxylic acids is 4. The quantitative estimate of drug-likeness (QED) is 0.174. The molecule has 0 spiro atoms. The summed E-state index contributed by atoms with van der Waals surface area (Å²) in [5.41, 5.74) is -2.01. The molecular weight excluding hydrogens is 458 g/mol. The smallest absolute Gasteiger partial charge is 0.352 e. The van der Waals surface area contributed by atoms with Crippen LogP contribution in [0.25, 0.3) is 0 Å². The van der Waals surface area contributed by atoms with E-state index in [2.05, 4.69) is 10.6 Å². The summed E-state index contributed by atoms with van der Waals surface area (Å²) >= 11 is 7.90. The molecule has 3 N–H and O–H groups in total. The number of ether oxygens (including phenoxy) is 1. The molecule has 1 saturated heterocycles. The van der Waals surface area contributed by atoms with Crippen LogP contribution in [-0.2, 0) is 30.3 Å². The molecule has 10 nitrogen and oxygen atoms in total. The average Bonchev–Trinajstić information content (AvgIpc) is 3.16. The third kappa shape index (κ3) is 4.16. The number of thioether (sulfide) groups is 1. The summed E-state index contributed by atoms with van der Waals surface area (Å²) in [4.78, 5) is 61.7. The molecule has 3 rings (SSSR count). The lowest BCUT2D eigenvalue weighted by Gasteiger charge is -2.56. The first-order chi connectivity index (χ1) is 14.2. The Labute approximate surface area is 183 Å². The van der Waals surface area contributed by atoms with Gasteiger partial charge in [0.25, 0.3) is 5.91 Å². The summed E-state index contributed by atoms with van der Waals surface area (Å²) in [5, 5.41) is 14.2. The molecule has 0 radical (unpaired) electrons. The lowest BCUT2D eigenvalue weighted by Crippen LogP contribution is -2.85. The van der Waals surface area contributed by atoms with Crippen LogP contribution in [0.4, 0.5) is 4.79 Å². The summed E-state index contributed by atoms with van der Waals surface area (Å²) in [7, 11) is 0. The molecule has 3 heterocycles. The van der Waals surface area contributed by atoms with Gasteiger partial charge in [0.1, 0.15) is 17.7 Å². The van der Waals surface area contributed by atoms with E-state index in [0.29, 0.717) is 0 Å². The average molecular weight is 474 g/mol. The Kier molecular flexibility index (Phi) is 6.38. The van der Waals surface area contributed by atoms with Crippen LogP contribution >= 0.6 is 34.7 Å². The number of rotatable bonds is 7. The molecule has 1 aromatic heterocycles. The maximum Gasteiger partial charge on any atom is 0.352 e. The Morgan fingerprint density at radius 1 is 1.37 bits per heavy atom. The molecule has 3 amide bonds. The van der Waals surface area contributed by atoms with E-state index < -0.39 is 40.2 Å². The van der Waals surface area contributed by atoms with Crippen molar-refractivity contribution in [1.82, 2.24) is 15.5 Å². The second-order valence-corrected chi connectivity index (χ2v) is 8.83. The molecule has 0 aliphatic carbocycles. The Morgan fingerprint density at radius 3 is 2.67 bits per heavy atom. The van der Waals surface area contributed by atoms with Crippen molar-refractivity contribution >= 4 is 63.8 Å². The van der Waals surface area contributed by atoms with E-state index in [4.69, 9.17) is 16.3 Å². The zero-order valence-electron chi connectivity index (χ0n) is 15.5. The molecular formula is C17H16ClN3O7S2. The normalized spacial score (nSPS) is 22.7. The molecule has 2 atom stereocenters. The molecule has 13 heteroatoms. The summed E-state index contributed by atoms with van der Waals surface area (Å²) < 4.78 is 4.87. The van der Waals surface area contributed by atoms with Gasteiger partial charge >= 0.3 is 17.3 Å². The minimum absolute atomic E-state index is 0.0262. The van der Waals surface area contributed by atoms with Gasteiger partial charge in [0.05, 0.1) is 6.42 Å². The topological polar surface area (TPSA) is 142 Å². The highest BCUT2D eigenvalue weighted by molar-refractivity contribution is 8.00. The Hall–Kier alpha value is -2.57. The number of hydrogen-bond donors (Lipinski definition) is 3. The zero-order chi connectivity index (χ0) is 22.1. The van der Waals surface area contributed by atoms with Gasteiger partial charge in [0, 0.05) is 23.1 Å². The molecule has 1 fully saturated rings. The molecule has 0 bridgehead atoms. The maximum atomic E-state index is 13.0. The van der Waals surface area contributed by atoms with Crippen LogP contribution < -0.4 is 10.6 Å². The third-order valence-electron chi connectivity index (χ3n) is 4.35. The van der Waals surface area contributed by atoms with Gasteiger partial charge in [-0.15, -0.1) is 23.1 Å². The number of carboxylic acids is 1. The van der Waals surface area contributed by atoms with Gasteiger partial charge in [0.2, 0.25) is 11.6 Å². The van der Waals surface area contributed by atoms with Crippen molar-refractivity contribution in [1.29, 1.82) is 0 Å². The second-order valence-electron chi connectivity index (χ2n) is 6.39. The number of amides is 3. The van der Waals surface area contributed by atoms with Crippen molar-refractivity contribution in [3.8, 4) is 0 Å². The van der Waals surface area contributed by atoms with Crippen LogP contribution in [0.1, 0.15) is 11.8 Å². The molecule has 160 valence electrons. The number of nitrogens with one attached hydrogen (secondary N) is 2. The van der Waals surface area contributed by atoms with Gasteiger partial charge in [-0.05, 0) is 23.0 Å². The van der Waals surface area contributed by atoms with Crippen LogP contribution in [0.5, 0.6) is 0 Å². The standard InChI is InChI=1S/C17H16ClN3O7S2/c1-8(22)28-6-9-7-30-15-17(20-16(18)27,14(26)21(15)12(9)13(24)25)19-11(23)5-10-3-2-4-29-10/h2-4,15H,5-7H2,1H3,(H,19,23)(H,20,27)(H,24,25)/t15-,17?/m1/s1. The predicted molar refractivity (Wildman–Crippen MR) is 108 cm³/mol. The van der Waals surface area contributed by atoms with Crippen LogP contribution in [0.2, 0.25) is 0 Å². The number of β-lactam (4-membered cyclic amide) rings is 1. The monoisotopic (exact) mass is 473 g/mol. The lowest BCUT2D eigenvalue weighted by atomic mass is 9.94.